The third-order valence-electron chi connectivity index (χ3n) is 5.26. The van der Waals surface area contributed by atoms with E-state index >= 15 is 0 Å². The van der Waals surface area contributed by atoms with E-state index in [9.17, 15) is 9.18 Å². The molecule has 3 unspecified atom stereocenters. The maximum absolute atomic E-state index is 13.8. The van der Waals surface area contributed by atoms with Crippen molar-refractivity contribution in [3.8, 4) is 5.75 Å². The van der Waals surface area contributed by atoms with E-state index < -0.39 is 11.9 Å². The number of halogens is 1. The highest BCUT2D eigenvalue weighted by Crippen LogP contribution is 2.41. The number of benzene rings is 1. The fourth-order valence-corrected chi connectivity index (χ4v) is 4.12. The molecule has 2 aromatic rings. The fraction of sp³-hybridized carbons (Fsp3) is 0.500. The van der Waals surface area contributed by atoms with E-state index in [-0.39, 0.29) is 29.8 Å². The number of fused-ring (bicyclic) bond motifs is 2. The van der Waals surface area contributed by atoms with Crippen LogP contribution in [0.1, 0.15) is 38.6 Å². The van der Waals surface area contributed by atoms with Crippen molar-refractivity contribution in [2.24, 2.45) is 0 Å². The summed E-state index contributed by atoms with van der Waals surface area (Å²) in [4.78, 5) is 18.9. The molecular formula is C18H21FN4O2. The van der Waals surface area contributed by atoms with Gasteiger partial charge < -0.3 is 9.64 Å². The number of carbonyl (C=O) groups excluding carboxylic acids is 1. The second-order valence-electron chi connectivity index (χ2n) is 6.82. The number of para-hydroxylation sites is 1. The van der Waals surface area contributed by atoms with Crippen molar-refractivity contribution in [2.75, 3.05) is 0 Å². The molecule has 7 heteroatoms. The molecule has 3 heterocycles. The number of ether oxygens (including phenoxy) is 1. The number of hydrogen-bond donors (Lipinski definition) is 0. The minimum absolute atomic E-state index is 0.0622. The van der Waals surface area contributed by atoms with Gasteiger partial charge in [-0.3, -0.25) is 4.79 Å². The SMILES string of the molecule is CC(Oc1ccccc1F)C(=O)N1C2CCC1CC(n1cncn1)C2. The van der Waals surface area contributed by atoms with Crippen molar-refractivity contribution in [2.45, 2.75) is 56.8 Å². The summed E-state index contributed by atoms with van der Waals surface area (Å²) >= 11 is 0. The van der Waals surface area contributed by atoms with Gasteiger partial charge in [-0.25, -0.2) is 14.1 Å². The van der Waals surface area contributed by atoms with Gasteiger partial charge in [-0.2, -0.15) is 5.10 Å². The van der Waals surface area contributed by atoms with Crippen molar-refractivity contribution in [3.63, 3.8) is 0 Å². The van der Waals surface area contributed by atoms with Gasteiger partial charge in [-0.15, -0.1) is 0 Å². The highest BCUT2D eigenvalue weighted by atomic mass is 19.1. The molecule has 1 aromatic carbocycles. The van der Waals surface area contributed by atoms with Crippen LogP contribution >= 0.6 is 0 Å². The minimum Gasteiger partial charge on any atom is -0.478 e. The molecule has 0 aliphatic carbocycles. The summed E-state index contributed by atoms with van der Waals surface area (Å²) in [5, 5.41) is 4.24. The van der Waals surface area contributed by atoms with Gasteiger partial charge in [0.2, 0.25) is 0 Å². The van der Waals surface area contributed by atoms with Crippen molar-refractivity contribution in [1.29, 1.82) is 0 Å². The number of aromatic nitrogens is 3. The molecule has 6 nitrogen and oxygen atoms in total. The molecular weight excluding hydrogens is 323 g/mol. The van der Waals surface area contributed by atoms with Gasteiger partial charge in [0.1, 0.15) is 12.7 Å². The molecule has 1 aromatic heterocycles. The second kappa shape index (κ2) is 6.46. The Labute approximate surface area is 145 Å². The first-order valence-corrected chi connectivity index (χ1v) is 8.71. The summed E-state index contributed by atoms with van der Waals surface area (Å²) in [7, 11) is 0. The lowest BCUT2D eigenvalue weighted by Gasteiger charge is -2.40. The Bertz CT molecular complexity index is 737. The molecule has 2 saturated heterocycles. The Hall–Kier alpha value is -2.44. The maximum atomic E-state index is 13.8. The Kier molecular flexibility index (Phi) is 4.15. The lowest BCUT2D eigenvalue weighted by molar-refractivity contribution is -0.143. The lowest BCUT2D eigenvalue weighted by atomic mass is 9.97. The zero-order valence-corrected chi connectivity index (χ0v) is 14.1. The maximum Gasteiger partial charge on any atom is 0.263 e. The van der Waals surface area contributed by atoms with Gasteiger partial charge in [0.25, 0.3) is 5.91 Å². The van der Waals surface area contributed by atoms with Crippen LogP contribution in [0.5, 0.6) is 5.75 Å². The first-order valence-electron chi connectivity index (χ1n) is 8.71. The Morgan fingerprint density at radius 3 is 2.60 bits per heavy atom. The molecule has 2 aliphatic heterocycles. The number of amides is 1. The highest BCUT2D eigenvalue weighted by molar-refractivity contribution is 5.82. The molecule has 0 spiro atoms. The van der Waals surface area contributed by atoms with Crippen molar-refractivity contribution in [3.05, 3.63) is 42.7 Å². The number of hydrogen-bond acceptors (Lipinski definition) is 4. The van der Waals surface area contributed by atoms with Crippen LogP contribution in [0, 0.1) is 5.82 Å². The first-order chi connectivity index (χ1) is 12.1. The summed E-state index contributed by atoms with van der Waals surface area (Å²) in [5.41, 5.74) is 0. The van der Waals surface area contributed by atoms with E-state index in [4.69, 9.17) is 4.74 Å². The smallest absolute Gasteiger partial charge is 0.263 e. The molecule has 25 heavy (non-hydrogen) atoms. The molecule has 0 radical (unpaired) electrons. The summed E-state index contributed by atoms with van der Waals surface area (Å²) in [5.74, 6) is -0.393. The van der Waals surface area contributed by atoms with Crippen LogP contribution in [0.4, 0.5) is 4.39 Å². The molecule has 132 valence electrons. The molecule has 1 amide bonds. The predicted octanol–water partition coefficient (Wildman–Crippen LogP) is 2.58. The zero-order chi connectivity index (χ0) is 17.4. The molecule has 2 fully saturated rings. The number of nitrogens with zero attached hydrogens (tertiary/aromatic N) is 4. The van der Waals surface area contributed by atoms with E-state index in [1.165, 1.54) is 6.07 Å². The number of rotatable bonds is 4. The van der Waals surface area contributed by atoms with Crippen LogP contribution in [-0.4, -0.2) is 43.8 Å². The van der Waals surface area contributed by atoms with Crippen LogP contribution in [-0.2, 0) is 4.79 Å². The first kappa shape index (κ1) is 16.1. The second-order valence-corrected chi connectivity index (χ2v) is 6.82. The van der Waals surface area contributed by atoms with E-state index in [1.807, 2.05) is 9.58 Å². The van der Waals surface area contributed by atoms with Gasteiger partial charge in [0, 0.05) is 12.1 Å². The Balaban J connectivity index is 1.45. The molecule has 2 aliphatic rings. The Morgan fingerprint density at radius 2 is 1.96 bits per heavy atom. The topological polar surface area (TPSA) is 60.2 Å². The largest absolute Gasteiger partial charge is 0.478 e. The van der Waals surface area contributed by atoms with Crippen LogP contribution in [0.3, 0.4) is 0 Å². The predicted molar refractivity (Wildman–Crippen MR) is 88.4 cm³/mol. The van der Waals surface area contributed by atoms with Crippen LogP contribution < -0.4 is 4.74 Å². The third-order valence-corrected chi connectivity index (χ3v) is 5.26. The quantitative estimate of drug-likeness (QED) is 0.855. The van der Waals surface area contributed by atoms with Gasteiger partial charge in [-0.05, 0) is 44.7 Å². The summed E-state index contributed by atoms with van der Waals surface area (Å²) in [6.45, 7) is 1.69. The number of carbonyl (C=O) groups is 1. The van der Waals surface area contributed by atoms with Crippen molar-refractivity contribution < 1.29 is 13.9 Å². The molecule has 0 saturated carbocycles. The lowest BCUT2D eigenvalue weighted by Crippen LogP contribution is -2.51. The summed E-state index contributed by atoms with van der Waals surface area (Å²) in [6.07, 6.45) is 6.32. The Morgan fingerprint density at radius 1 is 1.24 bits per heavy atom. The van der Waals surface area contributed by atoms with Gasteiger partial charge >= 0.3 is 0 Å². The molecule has 0 N–H and O–H groups in total. The third kappa shape index (κ3) is 2.99. The monoisotopic (exact) mass is 344 g/mol. The van der Waals surface area contributed by atoms with E-state index in [0.29, 0.717) is 0 Å². The van der Waals surface area contributed by atoms with Crippen molar-refractivity contribution in [1.82, 2.24) is 19.7 Å². The fourth-order valence-electron chi connectivity index (χ4n) is 4.12. The molecule has 3 atom stereocenters. The van der Waals surface area contributed by atoms with E-state index in [2.05, 4.69) is 10.1 Å². The number of piperidine rings is 1. The average Bonchev–Trinajstić information content (AvgIpc) is 3.23. The average molecular weight is 344 g/mol. The minimum atomic E-state index is -0.706. The normalized spacial score (nSPS) is 26.5. The standard InChI is InChI=1S/C18H21FN4O2/c1-12(25-17-5-3-2-4-16(17)19)18(24)23-13-6-7-14(23)9-15(8-13)22-11-20-10-21-22/h2-5,10-15H,6-9H2,1H3. The van der Waals surface area contributed by atoms with Crippen molar-refractivity contribution >= 4 is 5.91 Å². The van der Waals surface area contributed by atoms with Crippen LogP contribution in [0.25, 0.3) is 0 Å². The van der Waals surface area contributed by atoms with E-state index in [1.54, 1.807) is 37.8 Å². The van der Waals surface area contributed by atoms with Gasteiger partial charge in [0.05, 0.1) is 6.04 Å². The molecule has 4 rings (SSSR count). The summed E-state index contributed by atoms with van der Waals surface area (Å²) in [6, 6.07) is 6.84. The molecule has 2 bridgehead atoms. The van der Waals surface area contributed by atoms with Gasteiger partial charge in [-0.1, -0.05) is 12.1 Å². The van der Waals surface area contributed by atoms with Gasteiger partial charge in [0.15, 0.2) is 17.7 Å². The van der Waals surface area contributed by atoms with Crippen LogP contribution in [0.2, 0.25) is 0 Å². The highest BCUT2D eigenvalue weighted by Gasteiger charge is 2.45. The van der Waals surface area contributed by atoms with Crippen LogP contribution in [0.15, 0.2) is 36.9 Å². The zero-order valence-electron chi connectivity index (χ0n) is 14.1. The summed E-state index contributed by atoms with van der Waals surface area (Å²) < 4.78 is 21.2. The van der Waals surface area contributed by atoms with E-state index in [0.717, 1.165) is 25.7 Å².